The van der Waals surface area contributed by atoms with E-state index in [1.807, 2.05) is 0 Å². The molecule has 0 atom stereocenters. The molecule has 0 saturated heterocycles. The highest BCUT2D eigenvalue weighted by atomic mass is 13.8. The molecule has 0 aliphatic heterocycles. The van der Waals surface area contributed by atoms with Gasteiger partial charge in [-0.05, 0) is 0 Å². The van der Waals surface area contributed by atoms with Crippen molar-refractivity contribution in [3.63, 3.8) is 0 Å². The second kappa shape index (κ2) is 2.34. The molecule has 0 unspecified atom stereocenters. The van der Waals surface area contributed by atoms with E-state index < -0.39 is 0 Å². The molecule has 6 radical (unpaired) electrons. The average Bonchev–Trinajstić information content (AvgIpc) is 1.83. The molecule has 0 aliphatic carbocycles. The Kier molecular flexibility index (Phi) is 1.70. The normalized spacial score (nSPS) is 9.33. The van der Waals surface area contributed by atoms with E-state index in [-0.39, 0.29) is 0 Å². The fourth-order valence-electron chi connectivity index (χ4n) is 0.602. The van der Waals surface area contributed by atoms with Crippen LogP contribution >= 0.6 is 0 Å². The van der Waals surface area contributed by atoms with Gasteiger partial charge in [0.15, 0.2) is 0 Å². The first-order valence-electron chi connectivity index (χ1n) is 2.61. The Labute approximate surface area is 58.9 Å². The standard InChI is InChI=1S/C6H3B3/c7-4-2-1-3-5(8)6(4)9/h1-3H. The van der Waals surface area contributed by atoms with Crippen molar-refractivity contribution in [2.24, 2.45) is 0 Å². The van der Waals surface area contributed by atoms with Crippen molar-refractivity contribution in [2.45, 2.75) is 0 Å². The molecule has 0 saturated carbocycles. The highest BCUT2D eigenvalue weighted by Crippen LogP contribution is 1.70. The van der Waals surface area contributed by atoms with Crippen molar-refractivity contribution in [1.82, 2.24) is 0 Å². The first-order chi connectivity index (χ1) is 4.22. The van der Waals surface area contributed by atoms with E-state index in [1.54, 1.807) is 18.2 Å². The van der Waals surface area contributed by atoms with E-state index in [2.05, 4.69) is 0 Å². The van der Waals surface area contributed by atoms with Gasteiger partial charge in [-0.3, -0.25) is 0 Å². The molecular weight excluding hydrogens is 105 g/mol. The van der Waals surface area contributed by atoms with Crippen molar-refractivity contribution < 1.29 is 0 Å². The van der Waals surface area contributed by atoms with E-state index in [1.165, 1.54) is 0 Å². The summed E-state index contributed by atoms with van der Waals surface area (Å²) in [7, 11) is 16.3. The van der Waals surface area contributed by atoms with Gasteiger partial charge in [-0.25, -0.2) is 0 Å². The van der Waals surface area contributed by atoms with Crippen LogP contribution in [0, 0.1) is 0 Å². The second-order valence-electron chi connectivity index (χ2n) is 1.85. The molecule has 0 N–H and O–H groups in total. The van der Waals surface area contributed by atoms with Crippen LogP contribution in [0.2, 0.25) is 0 Å². The molecule has 0 aromatic heterocycles. The SMILES string of the molecule is [B]c1cccc([B])c1[B]. The summed E-state index contributed by atoms with van der Waals surface area (Å²) in [5, 5.41) is 0. The number of rotatable bonds is 0. The summed E-state index contributed by atoms with van der Waals surface area (Å²) in [6, 6.07) is 5.19. The van der Waals surface area contributed by atoms with Gasteiger partial charge < -0.3 is 0 Å². The molecule has 0 amide bonds. The van der Waals surface area contributed by atoms with Gasteiger partial charge in [-0.2, -0.15) is 0 Å². The van der Waals surface area contributed by atoms with Crippen LogP contribution in [0.1, 0.15) is 0 Å². The van der Waals surface area contributed by atoms with E-state index in [0.717, 1.165) is 0 Å². The van der Waals surface area contributed by atoms with Crippen molar-refractivity contribution in [1.29, 1.82) is 0 Å². The van der Waals surface area contributed by atoms with Crippen LogP contribution < -0.4 is 16.4 Å². The molecule has 0 spiro atoms. The van der Waals surface area contributed by atoms with Gasteiger partial charge in [0.05, 0.1) is 0 Å². The monoisotopic (exact) mass is 108 g/mol. The minimum Gasteiger partial charge on any atom is -0.110 e. The molecule has 3 heteroatoms. The van der Waals surface area contributed by atoms with Crippen LogP contribution in [-0.4, -0.2) is 23.5 Å². The molecule has 0 bridgehead atoms. The van der Waals surface area contributed by atoms with Crippen molar-refractivity contribution in [2.75, 3.05) is 0 Å². The fraction of sp³-hybridized carbons (Fsp3) is 0. The van der Waals surface area contributed by atoms with Crippen LogP contribution in [0.4, 0.5) is 0 Å². The summed E-state index contributed by atoms with van der Waals surface area (Å²) in [4.78, 5) is 0. The van der Waals surface area contributed by atoms with Crippen LogP contribution in [0.15, 0.2) is 18.2 Å². The fourth-order valence-corrected chi connectivity index (χ4v) is 0.602. The summed E-state index contributed by atoms with van der Waals surface area (Å²) in [6.07, 6.45) is 0. The summed E-state index contributed by atoms with van der Waals surface area (Å²) in [5.41, 5.74) is 1.54. The molecular formula is C6H3B3. The first-order valence-corrected chi connectivity index (χ1v) is 2.61. The molecule has 0 nitrogen and oxygen atoms in total. The lowest BCUT2D eigenvalue weighted by Gasteiger charge is -2.02. The number of benzene rings is 1. The summed E-state index contributed by atoms with van der Waals surface area (Å²) in [5.74, 6) is 0. The maximum absolute atomic E-state index is 5.43. The summed E-state index contributed by atoms with van der Waals surface area (Å²) < 4.78 is 0. The Bertz CT molecular complexity index is 199. The van der Waals surface area contributed by atoms with Crippen LogP contribution in [0.3, 0.4) is 0 Å². The van der Waals surface area contributed by atoms with Gasteiger partial charge in [0, 0.05) is 0 Å². The molecule has 0 aliphatic rings. The average molecular weight is 108 g/mol. The molecule has 1 aromatic rings. The second-order valence-corrected chi connectivity index (χ2v) is 1.85. The third-order valence-corrected chi connectivity index (χ3v) is 1.17. The minimum atomic E-state index is 0.470. The zero-order valence-electron chi connectivity index (χ0n) is 4.96. The highest BCUT2D eigenvalue weighted by molar-refractivity contribution is 6.56. The predicted molar refractivity (Wildman–Crippen MR) is 42.6 cm³/mol. The molecule has 36 valence electrons. The summed E-state index contributed by atoms with van der Waals surface area (Å²) in [6.45, 7) is 0. The maximum Gasteiger partial charge on any atom is 0.112 e. The highest BCUT2D eigenvalue weighted by Gasteiger charge is 1.90. The summed E-state index contributed by atoms with van der Waals surface area (Å²) >= 11 is 0. The Morgan fingerprint density at radius 3 is 1.67 bits per heavy atom. The van der Waals surface area contributed by atoms with Gasteiger partial charge in [0.2, 0.25) is 0 Å². The molecule has 0 fully saturated rings. The molecule has 0 heterocycles. The van der Waals surface area contributed by atoms with Crippen molar-refractivity contribution >= 4 is 39.9 Å². The van der Waals surface area contributed by atoms with Crippen molar-refractivity contribution in [3.05, 3.63) is 18.2 Å². The predicted octanol–water partition coefficient (Wildman–Crippen LogP) is -1.93. The van der Waals surface area contributed by atoms with E-state index in [9.17, 15) is 0 Å². The van der Waals surface area contributed by atoms with E-state index in [4.69, 9.17) is 23.5 Å². The van der Waals surface area contributed by atoms with E-state index >= 15 is 0 Å². The van der Waals surface area contributed by atoms with E-state index in [0.29, 0.717) is 16.4 Å². The maximum atomic E-state index is 5.43. The van der Waals surface area contributed by atoms with Crippen molar-refractivity contribution in [3.8, 4) is 0 Å². The third kappa shape index (κ3) is 1.21. The lowest BCUT2D eigenvalue weighted by Crippen LogP contribution is -2.38. The van der Waals surface area contributed by atoms with Gasteiger partial charge in [0.25, 0.3) is 0 Å². The van der Waals surface area contributed by atoms with Gasteiger partial charge >= 0.3 is 0 Å². The van der Waals surface area contributed by atoms with Gasteiger partial charge in [0.1, 0.15) is 23.5 Å². The number of hydrogen-bond donors (Lipinski definition) is 0. The molecule has 1 rings (SSSR count). The quantitative estimate of drug-likeness (QED) is 0.339. The topological polar surface area (TPSA) is 0 Å². The lowest BCUT2D eigenvalue weighted by molar-refractivity contribution is 1.88. The smallest absolute Gasteiger partial charge is 0.110 e. The Morgan fingerprint density at radius 1 is 0.889 bits per heavy atom. The third-order valence-electron chi connectivity index (χ3n) is 1.17. The molecule has 1 aromatic carbocycles. The van der Waals surface area contributed by atoms with Crippen LogP contribution in [-0.2, 0) is 0 Å². The Morgan fingerprint density at radius 2 is 1.33 bits per heavy atom. The van der Waals surface area contributed by atoms with Crippen LogP contribution in [0.5, 0.6) is 0 Å². The zero-order valence-corrected chi connectivity index (χ0v) is 4.96. The molecule has 9 heavy (non-hydrogen) atoms. The minimum absolute atomic E-state index is 0.470. The Balaban J connectivity index is 3.25. The lowest BCUT2D eigenvalue weighted by atomic mass is 9.73. The zero-order chi connectivity index (χ0) is 6.85. The first kappa shape index (κ1) is 6.53. The van der Waals surface area contributed by atoms with Gasteiger partial charge in [-0.15, -0.1) is 16.4 Å². The Hall–Kier alpha value is -0.585. The largest absolute Gasteiger partial charge is 0.112 e. The van der Waals surface area contributed by atoms with Crippen LogP contribution in [0.25, 0.3) is 0 Å². The number of hydrogen-bond acceptors (Lipinski definition) is 0. The van der Waals surface area contributed by atoms with Gasteiger partial charge in [-0.1, -0.05) is 18.2 Å².